The molecular weight excluding hydrogens is 232 g/mol. The lowest BCUT2D eigenvalue weighted by molar-refractivity contribution is 0.0874. The quantitative estimate of drug-likeness (QED) is 0.769. The first kappa shape index (κ1) is 12.9. The van der Waals surface area contributed by atoms with E-state index >= 15 is 0 Å². The van der Waals surface area contributed by atoms with Gasteiger partial charge in [-0.1, -0.05) is 0 Å². The van der Waals surface area contributed by atoms with E-state index in [1.807, 2.05) is 6.92 Å². The number of ether oxygens (including phenoxy) is 3. The van der Waals surface area contributed by atoms with Gasteiger partial charge in [0.2, 0.25) is 0 Å². The van der Waals surface area contributed by atoms with Gasteiger partial charge in [-0.3, -0.25) is 4.79 Å². The topological polar surface area (TPSA) is 44.8 Å². The zero-order valence-electron chi connectivity index (χ0n) is 10.9. The number of benzene rings is 1. The molecular formula is C14H18O4. The lowest BCUT2D eigenvalue weighted by Crippen LogP contribution is -2.16. The maximum Gasteiger partial charge on any atom is 0.172 e. The number of rotatable bonds is 4. The minimum atomic E-state index is -0.0824. The first-order valence-corrected chi connectivity index (χ1v) is 6.03. The van der Waals surface area contributed by atoms with Crippen LogP contribution in [-0.2, 0) is 4.74 Å². The van der Waals surface area contributed by atoms with Crippen molar-refractivity contribution in [1.82, 2.24) is 0 Å². The number of carbonyl (C=O) groups is 1. The predicted molar refractivity (Wildman–Crippen MR) is 67.4 cm³/mol. The molecule has 4 nitrogen and oxygen atoms in total. The minimum Gasteiger partial charge on any atom is -0.497 e. The summed E-state index contributed by atoms with van der Waals surface area (Å²) < 4.78 is 15.8. The van der Waals surface area contributed by atoms with Crippen molar-refractivity contribution in [1.29, 1.82) is 0 Å². The van der Waals surface area contributed by atoms with E-state index in [1.165, 1.54) is 0 Å². The summed E-state index contributed by atoms with van der Waals surface area (Å²) in [5.41, 5.74) is 0.569. The highest BCUT2D eigenvalue weighted by Gasteiger charge is 2.30. The first-order chi connectivity index (χ1) is 8.65. The normalized spacial score (nSPS) is 22.8. The van der Waals surface area contributed by atoms with Crippen molar-refractivity contribution < 1.29 is 19.0 Å². The van der Waals surface area contributed by atoms with E-state index in [0.717, 1.165) is 6.42 Å². The van der Waals surface area contributed by atoms with Crippen LogP contribution in [0.2, 0.25) is 0 Å². The van der Waals surface area contributed by atoms with Gasteiger partial charge in [0.05, 0.1) is 32.5 Å². The van der Waals surface area contributed by atoms with E-state index in [4.69, 9.17) is 14.2 Å². The van der Waals surface area contributed by atoms with Gasteiger partial charge >= 0.3 is 0 Å². The molecule has 1 aliphatic rings. The van der Waals surface area contributed by atoms with Crippen LogP contribution in [0.1, 0.15) is 23.7 Å². The van der Waals surface area contributed by atoms with E-state index in [9.17, 15) is 4.79 Å². The van der Waals surface area contributed by atoms with Crippen molar-refractivity contribution in [3.05, 3.63) is 23.8 Å². The summed E-state index contributed by atoms with van der Waals surface area (Å²) in [5.74, 6) is 1.22. The van der Waals surface area contributed by atoms with Gasteiger partial charge in [-0.25, -0.2) is 0 Å². The van der Waals surface area contributed by atoms with Crippen LogP contribution in [0.4, 0.5) is 0 Å². The third kappa shape index (κ3) is 2.48. The SMILES string of the molecule is COc1ccc(OC)c(C(=O)C2COC(C)C2)c1. The van der Waals surface area contributed by atoms with Gasteiger partial charge in [-0.15, -0.1) is 0 Å². The van der Waals surface area contributed by atoms with Crippen molar-refractivity contribution >= 4 is 5.78 Å². The standard InChI is InChI=1S/C14H18O4/c1-9-6-10(8-18-9)14(15)12-7-11(16-2)4-5-13(12)17-3/h4-5,7,9-10H,6,8H2,1-3H3. The Morgan fingerprint density at radius 2 is 2.11 bits per heavy atom. The van der Waals surface area contributed by atoms with E-state index < -0.39 is 0 Å². The molecule has 1 aliphatic heterocycles. The number of ketones is 1. The Morgan fingerprint density at radius 1 is 1.33 bits per heavy atom. The lowest BCUT2D eigenvalue weighted by Gasteiger charge is -2.12. The molecule has 4 heteroatoms. The zero-order chi connectivity index (χ0) is 13.1. The average Bonchev–Trinajstić information content (AvgIpc) is 2.83. The number of carbonyl (C=O) groups excluding carboxylic acids is 1. The van der Waals surface area contributed by atoms with Crippen molar-refractivity contribution in [3.63, 3.8) is 0 Å². The van der Waals surface area contributed by atoms with Crippen molar-refractivity contribution in [3.8, 4) is 11.5 Å². The summed E-state index contributed by atoms with van der Waals surface area (Å²) in [6, 6.07) is 5.26. The van der Waals surface area contributed by atoms with Crippen LogP contribution in [0.3, 0.4) is 0 Å². The van der Waals surface area contributed by atoms with Crippen LogP contribution in [-0.4, -0.2) is 32.7 Å². The Bertz CT molecular complexity index is 441. The van der Waals surface area contributed by atoms with Gasteiger partial charge in [-0.05, 0) is 31.5 Å². The monoisotopic (exact) mass is 250 g/mol. The summed E-state index contributed by atoms with van der Waals surface area (Å²) in [6.45, 7) is 2.47. The van der Waals surface area contributed by atoms with Gasteiger partial charge in [-0.2, -0.15) is 0 Å². The second-order valence-corrected chi connectivity index (χ2v) is 4.51. The molecule has 1 heterocycles. The second kappa shape index (κ2) is 5.40. The van der Waals surface area contributed by atoms with Crippen molar-refractivity contribution in [2.24, 2.45) is 5.92 Å². The zero-order valence-corrected chi connectivity index (χ0v) is 10.9. The van der Waals surface area contributed by atoms with Gasteiger partial charge < -0.3 is 14.2 Å². The second-order valence-electron chi connectivity index (χ2n) is 4.51. The molecule has 0 aromatic heterocycles. The first-order valence-electron chi connectivity index (χ1n) is 6.03. The predicted octanol–water partition coefficient (Wildman–Crippen LogP) is 2.31. The Morgan fingerprint density at radius 3 is 2.67 bits per heavy atom. The fourth-order valence-electron chi connectivity index (χ4n) is 2.23. The molecule has 1 aromatic carbocycles. The number of hydrogen-bond acceptors (Lipinski definition) is 4. The highest BCUT2D eigenvalue weighted by molar-refractivity contribution is 6.01. The van der Waals surface area contributed by atoms with Crippen LogP contribution in [0.15, 0.2) is 18.2 Å². The molecule has 98 valence electrons. The molecule has 18 heavy (non-hydrogen) atoms. The van der Waals surface area contributed by atoms with Crippen molar-refractivity contribution in [2.45, 2.75) is 19.4 Å². The smallest absolute Gasteiger partial charge is 0.172 e. The van der Waals surface area contributed by atoms with Gasteiger partial charge in [0, 0.05) is 5.92 Å². The molecule has 0 N–H and O–H groups in total. The van der Waals surface area contributed by atoms with Crippen LogP contribution < -0.4 is 9.47 Å². The van der Waals surface area contributed by atoms with Crippen LogP contribution in [0, 0.1) is 5.92 Å². The summed E-state index contributed by atoms with van der Waals surface area (Å²) in [5, 5.41) is 0. The third-order valence-corrected chi connectivity index (χ3v) is 3.24. The molecule has 0 radical (unpaired) electrons. The largest absolute Gasteiger partial charge is 0.497 e. The number of Topliss-reactive ketones (excluding diaryl/α,β-unsaturated/α-hetero) is 1. The molecule has 0 spiro atoms. The average molecular weight is 250 g/mol. The fraction of sp³-hybridized carbons (Fsp3) is 0.500. The molecule has 1 aromatic rings. The molecule has 0 saturated carbocycles. The molecule has 2 unspecified atom stereocenters. The number of hydrogen-bond donors (Lipinski definition) is 0. The van der Waals surface area contributed by atoms with Gasteiger partial charge in [0.15, 0.2) is 5.78 Å². The van der Waals surface area contributed by atoms with E-state index in [1.54, 1.807) is 32.4 Å². The highest BCUT2D eigenvalue weighted by atomic mass is 16.5. The van der Waals surface area contributed by atoms with E-state index in [2.05, 4.69) is 0 Å². The van der Waals surface area contributed by atoms with E-state index in [0.29, 0.717) is 23.7 Å². The van der Waals surface area contributed by atoms with Crippen LogP contribution >= 0.6 is 0 Å². The summed E-state index contributed by atoms with van der Waals surface area (Å²) in [7, 11) is 3.14. The van der Waals surface area contributed by atoms with Crippen LogP contribution in [0.5, 0.6) is 11.5 Å². The molecule has 2 atom stereocenters. The molecule has 1 saturated heterocycles. The Balaban J connectivity index is 2.27. The highest BCUT2D eigenvalue weighted by Crippen LogP contribution is 2.30. The van der Waals surface area contributed by atoms with Gasteiger partial charge in [0.25, 0.3) is 0 Å². The fourth-order valence-corrected chi connectivity index (χ4v) is 2.23. The maximum absolute atomic E-state index is 12.4. The molecule has 0 aliphatic carbocycles. The summed E-state index contributed by atoms with van der Waals surface area (Å²) >= 11 is 0. The third-order valence-electron chi connectivity index (χ3n) is 3.24. The van der Waals surface area contributed by atoms with E-state index in [-0.39, 0.29) is 17.8 Å². The molecule has 0 bridgehead atoms. The van der Waals surface area contributed by atoms with Crippen molar-refractivity contribution in [2.75, 3.05) is 20.8 Å². The molecule has 1 fully saturated rings. The maximum atomic E-state index is 12.4. The summed E-state index contributed by atoms with van der Waals surface area (Å²) in [6.07, 6.45) is 0.912. The lowest BCUT2D eigenvalue weighted by atomic mass is 9.94. The van der Waals surface area contributed by atoms with Gasteiger partial charge in [0.1, 0.15) is 11.5 Å². The Labute approximate surface area is 107 Å². The Kier molecular flexibility index (Phi) is 3.87. The molecule has 0 amide bonds. The molecule has 2 rings (SSSR count). The van der Waals surface area contributed by atoms with Crippen LogP contribution in [0.25, 0.3) is 0 Å². The Hall–Kier alpha value is -1.55. The minimum absolute atomic E-state index is 0.0649. The summed E-state index contributed by atoms with van der Waals surface area (Å²) in [4.78, 5) is 12.4. The number of methoxy groups -OCH3 is 2.